The van der Waals surface area contributed by atoms with Gasteiger partial charge in [0.25, 0.3) is 0 Å². The quantitative estimate of drug-likeness (QED) is 0.671. The normalized spacial score (nSPS) is 11.3. The van der Waals surface area contributed by atoms with E-state index in [0.717, 1.165) is 22.3 Å². The van der Waals surface area contributed by atoms with Crippen LogP contribution in [0.1, 0.15) is 29.2 Å². The minimum Gasteiger partial charge on any atom is -0.455 e. The number of hydrogen-bond donors (Lipinski definition) is 0. The highest BCUT2D eigenvalue weighted by Gasteiger charge is 2.16. The number of carbonyl (C=O) groups is 1. The Bertz CT molecular complexity index is 978. The predicted octanol–water partition coefficient (Wildman–Crippen LogP) is 4.00. The zero-order valence-electron chi connectivity index (χ0n) is 13.2. The first-order valence-electron chi connectivity index (χ1n) is 7.34. The number of para-hydroxylation sites is 1. The molecule has 0 radical (unpaired) electrons. The summed E-state index contributed by atoms with van der Waals surface area (Å²) < 4.78 is 6.10. The lowest BCUT2D eigenvalue weighted by molar-refractivity contribution is -0.116. The summed E-state index contributed by atoms with van der Waals surface area (Å²) in [7, 11) is 0. The molecule has 3 nitrogen and oxygen atoms in total. The molecule has 3 rings (SSSR count). The maximum Gasteiger partial charge on any atom is 0.200 e. The van der Waals surface area contributed by atoms with Crippen LogP contribution < -0.4 is 5.43 Å². The molecular formula is C19H18O3. The number of rotatable bonds is 2. The number of Topliss-reactive ketones (excluding diaryl/α,β-unsaturated/α-hetero) is 1. The topological polar surface area (TPSA) is 47.3 Å². The molecule has 0 unspecified atom stereocenters. The largest absolute Gasteiger partial charge is 0.455 e. The third-order valence-corrected chi connectivity index (χ3v) is 4.20. The van der Waals surface area contributed by atoms with Crippen LogP contribution in [0.5, 0.6) is 0 Å². The van der Waals surface area contributed by atoms with E-state index in [0.29, 0.717) is 21.9 Å². The molecule has 3 heteroatoms. The highest BCUT2D eigenvalue weighted by molar-refractivity contribution is 5.95. The number of aryl methyl sites for hydroxylation is 3. The van der Waals surface area contributed by atoms with Crippen molar-refractivity contribution in [3.63, 3.8) is 0 Å². The van der Waals surface area contributed by atoms with E-state index in [2.05, 4.69) is 0 Å². The summed E-state index contributed by atoms with van der Waals surface area (Å²) in [5, 5.41) is 1.17. The van der Waals surface area contributed by atoms with Gasteiger partial charge in [0.1, 0.15) is 16.9 Å². The van der Waals surface area contributed by atoms with Gasteiger partial charge in [-0.05, 0) is 50.5 Å². The van der Waals surface area contributed by atoms with E-state index < -0.39 is 0 Å². The van der Waals surface area contributed by atoms with Crippen LogP contribution in [0.15, 0.2) is 33.5 Å². The Kier molecular flexibility index (Phi) is 3.36. The molecule has 1 heterocycles. The first-order valence-corrected chi connectivity index (χ1v) is 7.34. The van der Waals surface area contributed by atoms with Gasteiger partial charge < -0.3 is 4.42 Å². The van der Waals surface area contributed by atoms with Gasteiger partial charge in [0, 0.05) is 12.0 Å². The summed E-state index contributed by atoms with van der Waals surface area (Å²) in [6.45, 7) is 7.43. The Balaban J connectivity index is 2.53. The first kappa shape index (κ1) is 14.5. The monoisotopic (exact) mass is 294 g/mol. The van der Waals surface area contributed by atoms with Gasteiger partial charge in [-0.1, -0.05) is 18.2 Å². The fraction of sp³-hybridized carbons (Fsp3) is 0.263. The summed E-state index contributed by atoms with van der Waals surface area (Å²) in [5.41, 5.74) is 4.89. The van der Waals surface area contributed by atoms with E-state index in [4.69, 9.17) is 4.42 Å². The minimum atomic E-state index is -0.0257. The van der Waals surface area contributed by atoms with Crippen LogP contribution in [0.2, 0.25) is 0 Å². The summed E-state index contributed by atoms with van der Waals surface area (Å²) in [4.78, 5) is 24.3. The van der Waals surface area contributed by atoms with Crippen molar-refractivity contribution in [1.29, 1.82) is 0 Å². The van der Waals surface area contributed by atoms with E-state index in [1.807, 2.05) is 32.9 Å². The van der Waals surface area contributed by atoms with Crippen LogP contribution in [-0.2, 0) is 11.2 Å². The molecular weight excluding hydrogens is 276 g/mol. The number of hydrogen-bond acceptors (Lipinski definition) is 3. The highest BCUT2D eigenvalue weighted by atomic mass is 16.3. The summed E-state index contributed by atoms with van der Waals surface area (Å²) in [6, 6.07) is 7.43. The third-order valence-electron chi connectivity index (χ3n) is 4.20. The third kappa shape index (κ3) is 2.13. The van der Waals surface area contributed by atoms with Gasteiger partial charge in [0.05, 0.1) is 10.8 Å². The van der Waals surface area contributed by atoms with Gasteiger partial charge in [-0.3, -0.25) is 9.59 Å². The van der Waals surface area contributed by atoms with Crippen LogP contribution in [0.4, 0.5) is 0 Å². The number of carbonyl (C=O) groups excluding carboxylic acids is 1. The van der Waals surface area contributed by atoms with Crippen LogP contribution in [-0.4, -0.2) is 5.78 Å². The lowest BCUT2D eigenvalue weighted by atomic mass is 9.98. The van der Waals surface area contributed by atoms with Crippen molar-refractivity contribution >= 4 is 27.7 Å². The standard InChI is InChI=1S/C19H18O3/c1-10-8-11(2)16-17(21)15-7-5-6-14(9-12(3)20)19(15)22-18(16)13(10)4/h5-8H,9H2,1-4H3. The molecule has 22 heavy (non-hydrogen) atoms. The second kappa shape index (κ2) is 5.09. The van der Waals surface area contributed by atoms with E-state index in [-0.39, 0.29) is 17.6 Å². The highest BCUT2D eigenvalue weighted by Crippen LogP contribution is 2.28. The molecule has 1 aromatic heterocycles. The Hall–Kier alpha value is -2.42. The minimum absolute atomic E-state index is 0.0257. The average Bonchev–Trinajstić information content (AvgIpc) is 2.45. The summed E-state index contributed by atoms with van der Waals surface area (Å²) >= 11 is 0. The molecule has 0 aliphatic heterocycles. The van der Waals surface area contributed by atoms with Crippen LogP contribution in [0.3, 0.4) is 0 Å². The molecule has 0 aliphatic rings. The van der Waals surface area contributed by atoms with Crippen molar-refractivity contribution in [2.45, 2.75) is 34.1 Å². The van der Waals surface area contributed by atoms with Gasteiger partial charge >= 0.3 is 0 Å². The molecule has 0 bridgehead atoms. The van der Waals surface area contributed by atoms with Gasteiger partial charge in [-0.2, -0.15) is 0 Å². The van der Waals surface area contributed by atoms with Crippen LogP contribution >= 0.6 is 0 Å². The number of fused-ring (bicyclic) bond motifs is 2. The molecule has 2 aromatic carbocycles. The Morgan fingerprint density at radius 1 is 1.09 bits per heavy atom. The summed E-state index contributed by atoms with van der Waals surface area (Å²) in [6.07, 6.45) is 0.273. The smallest absolute Gasteiger partial charge is 0.200 e. The Labute approximate surface area is 128 Å². The maximum absolute atomic E-state index is 12.9. The molecule has 0 N–H and O–H groups in total. The van der Waals surface area contributed by atoms with Gasteiger partial charge in [0.15, 0.2) is 0 Å². The van der Waals surface area contributed by atoms with Crippen LogP contribution in [0.25, 0.3) is 21.9 Å². The Morgan fingerprint density at radius 2 is 1.82 bits per heavy atom. The summed E-state index contributed by atoms with van der Waals surface area (Å²) in [5.74, 6) is 0.0485. The molecule has 0 atom stereocenters. The zero-order chi connectivity index (χ0) is 16.0. The maximum atomic E-state index is 12.9. The average molecular weight is 294 g/mol. The van der Waals surface area contributed by atoms with Crippen molar-refractivity contribution in [3.8, 4) is 0 Å². The van der Waals surface area contributed by atoms with Crippen molar-refractivity contribution in [2.24, 2.45) is 0 Å². The SMILES string of the molecule is CC(=O)Cc1cccc2c(=O)c3c(C)cc(C)c(C)c3oc12. The van der Waals surface area contributed by atoms with Crippen molar-refractivity contribution < 1.29 is 9.21 Å². The first-order chi connectivity index (χ1) is 10.4. The molecule has 0 saturated carbocycles. The molecule has 3 aromatic rings. The van der Waals surface area contributed by atoms with Gasteiger partial charge in [-0.15, -0.1) is 0 Å². The van der Waals surface area contributed by atoms with Crippen molar-refractivity contribution in [2.75, 3.05) is 0 Å². The Morgan fingerprint density at radius 3 is 2.50 bits per heavy atom. The lowest BCUT2D eigenvalue weighted by Gasteiger charge is -2.11. The molecule has 0 saturated heterocycles. The molecule has 112 valence electrons. The molecule has 0 fully saturated rings. The van der Waals surface area contributed by atoms with Crippen molar-refractivity contribution in [1.82, 2.24) is 0 Å². The van der Waals surface area contributed by atoms with Gasteiger partial charge in [0.2, 0.25) is 5.43 Å². The molecule has 0 aliphatic carbocycles. The lowest BCUT2D eigenvalue weighted by Crippen LogP contribution is -2.07. The van der Waals surface area contributed by atoms with E-state index >= 15 is 0 Å². The number of benzene rings is 2. The second-order valence-corrected chi connectivity index (χ2v) is 5.94. The van der Waals surface area contributed by atoms with E-state index in [1.54, 1.807) is 12.1 Å². The zero-order valence-corrected chi connectivity index (χ0v) is 13.2. The fourth-order valence-corrected chi connectivity index (χ4v) is 2.99. The van der Waals surface area contributed by atoms with E-state index in [9.17, 15) is 9.59 Å². The van der Waals surface area contributed by atoms with E-state index in [1.165, 1.54) is 6.92 Å². The van der Waals surface area contributed by atoms with Gasteiger partial charge in [-0.25, -0.2) is 0 Å². The second-order valence-electron chi connectivity index (χ2n) is 5.94. The van der Waals surface area contributed by atoms with Crippen LogP contribution in [0, 0.1) is 20.8 Å². The number of ketones is 1. The van der Waals surface area contributed by atoms with Crippen molar-refractivity contribution in [3.05, 3.63) is 56.7 Å². The molecule has 0 amide bonds. The predicted molar refractivity (Wildman–Crippen MR) is 88.6 cm³/mol. The molecule has 0 spiro atoms. The fourth-order valence-electron chi connectivity index (χ4n) is 2.99.